The molecule has 0 aliphatic carbocycles. The molecule has 0 atom stereocenters. The molecule has 4 nitrogen and oxygen atoms in total. The molecule has 0 unspecified atom stereocenters. The van der Waals surface area contributed by atoms with E-state index in [1.54, 1.807) is 24.4 Å². The van der Waals surface area contributed by atoms with Gasteiger partial charge < -0.3 is 0 Å². The summed E-state index contributed by atoms with van der Waals surface area (Å²) in [5.74, 6) is 0. The van der Waals surface area contributed by atoms with Crippen LogP contribution in [0.3, 0.4) is 0 Å². The van der Waals surface area contributed by atoms with Crippen LogP contribution in [-0.2, 0) is 10.0 Å². The Bertz CT molecular complexity index is 417. The van der Waals surface area contributed by atoms with E-state index in [2.05, 4.69) is 0 Å². The highest BCUT2D eigenvalue weighted by Gasteiger charge is 2.23. The van der Waals surface area contributed by atoms with Crippen LogP contribution in [0, 0.1) is 11.3 Å². The van der Waals surface area contributed by atoms with E-state index < -0.39 is 10.0 Å². The van der Waals surface area contributed by atoms with Gasteiger partial charge >= 0.3 is 0 Å². The largest absolute Gasteiger partial charge is 0.253 e. The van der Waals surface area contributed by atoms with Crippen LogP contribution in [0.25, 0.3) is 0 Å². The van der Waals surface area contributed by atoms with Gasteiger partial charge in [0.25, 0.3) is 10.0 Å². The number of hydrogen-bond donors (Lipinski definition) is 0. The second kappa shape index (κ2) is 4.55. The first kappa shape index (κ1) is 11.2. The highest BCUT2D eigenvalue weighted by atomic mass is 32.2. The molecule has 0 saturated heterocycles. The predicted octanol–water partition coefficient (Wildman–Crippen LogP) is 1.28. The quantitative estimate of drug-likeness (QED) is 0.732. The minimum absolute atomic E-state index is 0.100. The Hall–Kier alpha value is -0.900. The Morgan fingerprint density at radius 1 is 1.64 bits per heavy atom. The third-order valence-corrected chi connectivity index (χ3v) is 4.98. The molecule has 1 heterocycles. The van der Waals surface area contributed by atoms with Crippen LogP contribution in [0.2, 0.25) is 0 Å². The van der Waals surface area contributed by atoms with Gasteiger partial charge in [0.05, 0.1) is 6.07 Å². The van der Waals surface area contributed by atoms with Gasteiger partial charge in [-0.3, -0.25) is 0 Å². The maximum Gasteiger partial charge on any atom is 0.253 e. The highest BCUT2D eigenvalue weighted by molar-refractivity contribution is 7.91. The third-order valence-electron chi connectivity index (χ3n) is 1.69. The fourth-order valence-electron chi connectivity index (χ4n) is 0.983. The van der Waals surface area contributed by atoms with Crippen molar-refractivity contribution in [3.63, 3.8) is 0 Å². The van der Waals surface area contributed by atoms with Crippen molar-refractivity contribution in [2.24, 2.45) is 0 Å². The molecule has 1 aromatic heterocycles. The number of hydrogen-bond acceptors (Lipinski definition) is 4. The summed E-state index contributed by atoms with van der Waals surface area (Å²) in [6.07, 6.45) is 0. The molecule has 0 spiro atoms. The zero-order valence-electron chi connectivity index (χ0n) is 7.67. The Balaban J connectivity index is 3.01. The molecule has 0 saturated carbocycles. The van der Waals surface area contributed by atoms with Gasteiger partial charge in [-0.2, -0.15) is 9.57 Å². The standard InChI is InChI=1S/C8H10N2O2S2/c1-2-10(6-5-9)14(11,12)8-4-3-7-13-8/h3-4,7H,2,6H2,1H3. The molecule has 0 aliphatic heterocycles. The zero-order chi connectivity index (χ0) is 10.6. The average molecular weight is 230 g/mol. The van der Waals surface area contributed by atoms with E-state index in [9.17, 15) is 8.42 Å². The number of nitrogens with zero attached hydrogens (tertiary/aromatic N) is 2. The first-order valence-electron chi connectivity index (χ1n) is 4.03. The van der Waals surface area contributed by atoms with Gasteiger partial charge in [0, 0.05) is 6.54 Å². The van der Waals surface area contributed by atoms with Crippen molar-refractivity contribution < 1.29 is 8.42 Å². The molecule has 0 radical (unpaired) electrons. The Morgan fingerprint density at radius 2 is 2.36 bits per heavy atom. The summed E-state index contributed by atoms with van der Waals surface area (Å²) in [7, 11) is -3.44. The topological polar surface area (TPSA) is 61.2 Å². The van der Waals surface area contributed by atoms with Crippen LogP contribution in [0.1, 0.15) is 6.92 Å². The van der Waals surface area contributed by atoms with Crippen LogP contribution < -0.4 is 0 Å². The fourth-order valence-corrected chi connectivity index (χ4v) is 3.47. The number of rotatable bonds is 4. The van der Waals surface area contributed by atoms with Crippen molar-refractivity contribution in [1.29, 1.82) is 5.26 Å². The molecule has 76 valence electrons. The number of thiophene rings is 1. The van der Waals surface area contributed by atoms with Crippen LogP contribution in [0.5, 0.6) is 0 Å². The van der Waals surface area contributed by atoms with Gasteiger partial charge in [0.2, 0.25) is 0 Å². The Kier molecular flexibility index (Phi) is 3.63. The zero-order valence-corrected chi connectivity index (χ0v) is 9.31. The molecule has 0 aliphatic rings. The molecule has 0 amide bonds. The van der Waals surface area contributed by atoms with Gasteiger partial charge in [0.1, 0.15) is 10.8 Å². The van der Waals surface area contributed by atoms with E-state index >= 15 is 0 Å². The second-order valence-electron chi connectivity index (χ2n) is 2.52. The van der Waals surface area contributed by atoms with Crippen molar-refractivity contribution in [3.05, 3.63) is 17.5 Å². The molecule has 0 bridgehead atoms. The summed E-state index contributed by atoms with van der Waals surface area (Å²) < 4.78 is 25.0. The van der Waals surface area contributed by atoms with Crippen molar-refractivity contribution in [2.75, 3.05) is 13.1 Å². The molecule has 14 heavy (non-hydrogen) atoms. The van der Waals surface area contributed by atoms with E-state index in [1.807, 2.05) is 6.07 Å². The SMILES string of the molecule is CCN(CC#N)S(=O)(=O)c1cccs1. The van der Waals surface area contributed by atoms with Crippen molar-refractivity contribution in [1.82, 2.24) is 4.31 Å². The Labute approximate surface area is 87.4 Å². The lowest BCUT2D eigenvalue weighted by atomic mass is 10.6. The number of nitriles is 1. The summed E-state index contributed by atoms with van der Waals surface area (Å²) in [5, 5.41) is 10.2. The molecular formula is C8H10N2O2S2. The van der Waals surface area contributed by atoms with Crippen LogP contribution in [0.4, 0.5) is 0 Å². The average Bonchev–Trinajstić information content (AvgIpc) is 2.66. The molecule has 0 fully saturated rings. The first-order chi connectivity index (χ1) is 6.62. The van der Waals surface area contributed by atoms with E-state index in [0.29, 0.717) is 6.54 Å². The lowest BCUT2D eigenvalue weighted by Gasteiger charge is -2.15. The van der Waals surface area contributed by atoms with E-state index in [1.165, 1.54) is 0 Å². The van der Waals surface area contributed by atoms with Crippen LogP contribution in [0.15, 0.2) is 21.7 Å². The van der Waals surface area contributed by atoms with E-state index in [4.69, 9.17) is 5.26 Å². The summed E-state index contributed by atoms with van der Waals surface area (Å²) >= 11 is 1.16. The van der Waals surface area contributed by atoms with E-state index in [0.717, 1.165) is 15.6 Å². The minimum Gasteiger partial charge on any atom is -0.206 e. The smallest absolute Gasteiger partial charge is 0.206 e. The third kappa shape index (κ3) is 2.12. The first-order valence-corrected chi connectivity index (χ1v) is 6.35. The molecule has 1 aromatic rings. The van der Waals surface area contributed by atoms with E-state index in [-0.39, 0.29) is 10.8 Å². The normalized spacial score (nSPS) is 11.5. The second-order valence-corrected chi connectivity index (χ2v) is 5.63. The monoisotopic (exact) mass is 230 g/mol. The lowest BCUT2D eigenvalue weighted by Crippen LogP contribution is -2.30. The summed E-state index contributed by atoms with van der Waals surface area (Å²) in [4.78, 5) is 0. The van der Waals surface area contributed by atoms with Gasteiger partial charge in [-0.15, -0.1) is 11.3 Å². The summed E-state index contributed by atoms with van der Waals surface area (Å²) in [6.45, 7) is 1.92. The molecule has 6 heteroatoms. The van der Waals surface area contributed by atoms with Gasteiger partial charge in [-0.1, -0.05) is 13.0 Å². The van der Waals surface area contributed by atoms with Crippen LogP contribution >= 0.6 is 11.3 Å². The maximum absolute atomic E-state index is 11.8. The maximum atomic E-state index is 11.8. The van der Waals surface area contributed by atoms with Crippen molar-refractivity contribution in [2.45, 2.75) is 11.1 Å². The minimum atomic E-state index is -3.44. The van der Waals surface area contributed by atoms with Gasteiger partial charge in [0.15, 0.2) is 0 Å². The number of sulfonamides is 1. The van der Waals surface area contributed by atoms with Crippen molar-refractivity contribution in [3.8, 4) is 6.07 Å². The van der Waals surface area contributed by atoms with Gasteiger partial charge in [-0.05, 0) is 11.4 Å². The molecule has 0 N–H and O–H groups in total. The molecule has 1 rings (SSSR count). The summed E-state index contributed by atoms with van der Waals surface area (Å²) in [5.41, 5.74) is 0. The Morgan fingerprint density at radius 3 is 2.79 bits per heavy atom. The predicted molar refractivity (Wildman–Crippen MR) is 54.4 cm³/mol. The summed E-state index contributed by atoms with van der Waals surface area (Å²) in [6, 6.07) is 5.06. The van der Waals surface area contributed by atoms with Crippen molar-refractivity contribution >= 4 is 21.4 Å². The van der Waals surface area contributed by atoms with Crippen LogP contribution in [-0.4, -0.2) is 25.8 Å². The molecule has 0 aromatic carbocycles. The highest BCUT2D eigenvalue weighted by Crippen LogP contribution is 2.20. The lowest BCUT2D eigenvalue weighted by molar-refractivity contribution is 0.464. The fraction of sp³-hybridized carbons (Fsp3) is 0.375. The molecular weight excluding hydrogens is 220 g/mol. The van der Waals surface area contributed by atoms with Gasteiger partial charge in [-0.25, -0.2) is 8.42 Å².